The Bertz CT molecular complexity index is 835. The standard InChI is InChI=1S/C20H21N3O2/c1-4-15-9-7-8-14(2)19(15)22-13-16(12-21)20(24)23-17-10-5-6-11-18(17)25-3/h5-11,13,22H,4H2,1-3H3,(H,23,24)/b16-13-. The summed E-state index contributed by atoms with van der Waals surface area (Å²) >= 11 is 0. The summed E-state index contributed by atoms with van der Waals surface area (Å²) in [6, 6.07) is 15.0. The molecule has 2 aromatic rings. The second kappa shape index (κ2) is 8.55. The number of benzene rings is 2. The van der Waals surface area contributed by atoms with Crippen molar-refractivity contribution in [3.63, 3.8) is 0 Å². The Kier molecular flexibility index (Phi) is 6.19. The van der Waals surface area contributed by atoms with Gasteiger partial charge in [-0.25, -0.2) is 0 Å². The molecule has 0 fully saturated rings. The Morgan fingerprint density at radius 3 is 2.68 bits per heavy atom. The van der Waals surface area contributed by atoms with Gasteiger partial charge in [0.2, 0.25) is 0 Å². The molecule has 0 aliphatic heterocycles. The van der Waals surface area contributed by atoms with Crippen molar-refractivity contribution in [3.05, 3.63) is 65.4 Å². The third-order valence-electron chi connectivity index (χ3n) is 3.82. The number of amides is 1. The first kappa shape index (κ1) is 18.1. The minimum absolute atomic E-state index is 0.0174. The van der Waals surface area contributed by atoms with E-state index in [1.54, 1.807) is 18.2 Å². The molecule has 0 bridgehead atoms. The molecule has 2 rings (SSSR count). The van der Waals surface area contributed by atoms with Gasteiger partial charge < -0.3 is 15.4 Å². The van der Waals surface area contributed by atoms with E-state index in [1.165, 1.54) is 13.3 Å². The molecule has 0 spiro atoms. The smallest absolute Gasteiger partial charge is 0.267 e. The molecule has 25 heavy (non-hydrogen) atoms. The van der Waals surface area contributed by atoms with Gasteiger partial charge in [-0.05, 0) is 36.6 Å². The zero-order chi connectivity index (χ0) is 18.2. The van der Waals surface area contributed by atoms with Gasteiger partial charge in [-0.1, -0.05) is 37.3 Å². The largest absolute Gasteiger partial charge is 0.495 e. The van der Waals surface area contributed by atoms with E-state index >= 15 is 0 Å². The van der Waals surface area contributed by atoms with E-state index in [4.69, 9.17) is 4.74 Å². The summed E-state index contributed by atoms with van der Waals surface area (Å²) in [4.78, 5) is 12.4. The van der Waals surface area contributed by atoms with Crippen molar-refractivity contribution in [1.82, 2.24) is 0 Å². The molecule has 0 saturated carbocycles. The van der Waals surface area contributed by atoms with E-state index in [9.17, 15) is 10.1 Å². The molecule has 5 heteroatoms. The lowest BCUT2D eigenvalue weighted by atomic mass is 10.1. The van der Waals surface area contributed by atoms with Gasteiger partial charge >= 0.3 is 0 Å². The highest BCUT2D eigenvalue weighted by Crippen LogP contribution is 2.24. The first-order chi connectivity index (χ1) is 12.1. The minimum atomic E-state index is -0.494. The van der Waals surface area contributed by atoms with Crippen LogP contribution in [0, 0.1) is 18.3 Å². The highest BCUT2D eigenvalue weighted by atomic mass is 16.5. The molecule has 5 nitrogen and oxygen atoms in total. The van der Waals surface area contributed by atoms with E-state index in [0.717, 1.165) is 23.2 Å². The summed E-state index contributed by atoms with van der Waals surface area (Å²) in [5, 5.41) is 15.1. The third-order valence-corrected chi connectivity index (χ3v) is 3.82. The quantitative estimate of drug-likeness (QED) is 0.617. The normalized spacial score (nSPS) is 10.7. The number of anilines is 2. The summed E-state index contributed by atoms with van der Waals surface area (Å²) in [5.74, 6) is 0.0411. The van der Waals surface area contributed by atoms with Crippen LogP contribution in [0.3, 0.4) is 0 Å². The Balaban J connectivity index is 2.21. The number of rotatable bonds is 6. The zero-order valence-corrected chi connectivity index (χ0v) is 14.6. The summed E-state index contributed by atoms with van der Waals surface area (Å²) in [6.07, 6.45) is 2.29. The number of aryl methyl sites for hydroxylation is 2. The number of hydrogen-bond acceptors (Lipinski definition) is 4. The van der Waals surface area contributed by atoms with Crippen LogP contribution < -0.4 is 15.4 Å². The Morgan fingerprint density at radius 2 is 2.00 bits per heavy atom. The molecule has 0 aromatic heterocycles. The van der Waals surface area contributed by atoms with Crippen molar-refractivity contribution < 1.29 is 9.53 Å². The minimum Gasteiger partial charge on any atom is -0.495 e. The van der Waals surface area contributed by atoms with Crippen molar-refractivity contribution in [2.45, 2.75) is 20.3 Å². The lowest BCUT2D eigenvalue weighted by Crippen LogP contribution is -2.15. The number of nitriles is 1. The van der Waals surface area contributed by atoms with Crippen LogP contribution in [0.1, 0.15) is 18.1 Å². The van der Waals surface area contributed by atoms with Crippen LogP contribution in [-0.4, -0.2) is 13.0 Å². The molecule has 2 N–H and O–H groups in total. The fraction of sp³-hybridized carbons (Fsp3) is 0.200. The molecule has 0 aliphatic rings. The van der Waals surface area contributed by atoms with Crippen molar-refractivity contribution in [2.75, 3.05) is 17.7 Å². The first-order valence-corrected chi connectivity index (χ1v) is 8.00. The number of nitrogens with one attached hydrogen (secondary N) is 2. The van der Waals surface area contributed by atoms with Crippen LogP contribution in [0.15, 0.2) is 54.2 Å². The van der Waals surface area contributed by atoms with Crippen LogP contribution in [0.25, 0.3) is 0 Å². The first-order valence-electron chi connectivity index (χ1n) is 8.00. The van der Waals surface area contributed by atoms with Gasteiger partial charge in [0.25, 0.3) is 5.91 Å². The number of hydrogen-bond donors (Lipinski definition) is 2. The SMILES string of the molecule is CCc1cccc(C)c1N/C=C(/C#N)C(=O)Nc1ccccc1OC. The molecule has 128 valence electrons. The fourth-order valence-corrected chi connectivity index (χ4v) is 2.46. The van der Waals surface area contributed by atoms with E-state index in [-0.39, 0.29) is 5.57 Å². The lowest BCUT2D eigenvalue weighted by molar-refractivity contribution is -0.112. The average Bonchev–Trinajstić information content (AvgIpc) is 2.63. The predicted octanol–water partition coefficient (Wildman–Crippen LogP) is 4.02. The second-order valence-corrected chi connectivity index (χ2v) is 5.43. The lowest BCUT2D eigenvalue weighted by Gasteiger charge is -2.12. The zero-order valence-electron chi connectivity index (χ0n) is 14.6. The molecule has 0 aliphatic carbocycles. The number of methoxy groups -OCH3 is 1. The highest BCUT2D eigenvalue weighted by Gasteiger charge is 2.12. The third kappa shape index (κ3) is 4.39. The van der Waals surface area contributed by atoms with E-state index in [0.29, 0.717) is 11.4 Å². The van der Waals surface area contributed by atoms with Gasteiger partial charge in [-0.15, -0.1) is 0 Å². The Labute approximate surface area is 147 Å². The van der Waals surface area contributed by atoms with E-state index < -0.39 is 5.91 Å². The number of carbonyl (C=O) groups excluding carboxylic acids is 1. The van der Waals surface area contributed by atoms with Crippen LogP contribution >= 0.6 is 0 Å². The van der Waals surface area contributed by atoms with Crippen LogP contribution in [0.4, 0.5) is 11.4 Å². The van der Waals surface area contributed by atoms with Gasteiger partial charge in [0.05, 0.1) is 12.8 Å². The molecule has 0 atom stereocenters. The highest BCUT2D eigenvalue weighted by molar-refractivity contribution is 6.07. The van der Waals surface area contributed by atoms with Gasteiger partial charge in [0, 0.05) is 11.9 Å². The molecular weight excluding hydrogens is 314 g/mol. The molecule has 1 amide bonds. The molecule has 0 heterocycles. The Morgan fingerprint density at radius 1 is 1.24 bits per heavy atom. The van der Waals surface area contributed by atoms with E-state index in [2.05, 4.69) is 17.6 Å². The van der Waals surface area contributed by atoms with Crippen LogP contribution in [0.5, 0.6) is 5.75 Å². The maximum absolute atomic E-state index is 12.4. The molecule has 2 aromatic carbocycles. The van der Waals surface area contributed by atoms with Gasteiger partial charge in [0.15, 0.2) is 0 Å². The van der Waals surface area contributed by atoms with Crippen molar-refractivity contribution in [3.8, 4) is 11.8 Å². The van der Waals surface area contributed by atoms with Crippen molar-refractivity contribution >= 4 is 17.3 Å². The predicted molar refractivity (Wildman–Crippen MR) is 99.5 cm³/mol. The number of ether oxygens (including phenoxy) is 1. The number of nitrogens with zero attached hydrogens (tertiary/aromatic N) is 1. The maximum atomic E-state index is 12.4. The van der Waals surface area contributed by atoms with Crippen molar-refractivity contribution in [1.29, 1.82) is 5.26 Å². The fourth-order valence-electron chi connectivity index (χ4n) is 2.46. The summed E-state index contributed by atoms with van der Waals surface area (Å²) in [5.41, 5.74) is 3.59. The number of para-hydroxylation sites is 3. The summed E-state index contributed by atoms with van der Waals surface area (Å²) < 4.78 is 5.20. The summed E-state index contributed by atoms with van der Waals surface area (Å²) in [6.45, 7) is 4.04. The van der Waals surface area contributed by atoms with Crippen molar-refractivity contribution in [2.24, 2.45) is 0 Å². The Hall–Kier alpha value is -3.26. The van der Waals surface area contributed by atoms with Crippen LogP contribution in [-0.2, 0) is 11.2 Å². The molecule has 0 unspecified atom stereocenters. The average molecular weight is 335 g/mol. The number of carbonyl (C=O) groups is 1. The van der Waals surface area contributed by atoms with E-state index in [1.807, 2.05) is 37.3 Å². The topological polar surface area (TPSA) is 74.2 Å². The summed E-state index contributed by atoms with van der Waals surface area (Å²) in [7, 11) is 1.53. The molecule has 0 saturated heterocycles. The van der Waals surface area contributed by atoms with Gasteiger partial charge in [0.1, 0.15) is 17.4 Å². The maximum Gasteiger partial charge on any atom is 0.267 e. The molecular formula is C20H21N3O2. The van der Waals surface area contributed by atoms with Gasteiger partial charge in [-0.3, -0.25) is 4.79 Å². The molecule has 0 radical (unpaired) electrons. The second-order valence-electron chi connectivity index (χ2n) is 5.43. The monoisotopic (exact) mass is 335 g/mol. The van der Waals surface area contributed by atoms with Crippen LogP contribution in [0.2, 0.25) is 0 Å². The van der Waals surface area contributed by atoms with Gasteiger partial charge in [-0.2, -0.15) is 5.26 Å².